The number of halogens is 1. The Bertz CT molecular complexity index is 405. The Morgan fingerprint density at radius 3 is 2.87 bits per heavy atom. The molecule has 5 fully saturated rings. The first-order valence-corrected chi connectivity index (χ1v) is 7.28. The van der Waals surface area contributed by atoms with Crippen molar-refractivity contribution >= 4 is 21.7 Å². The molecule has 1 spiro atoms. The first-order chi connectivity index (χ1) is 7.18. The first kappa shape index (κ1) is 8.27. The van der Waals surface area contributed by atoms with Crippen molar-refractivity contribution in [3.05, 3.63) is 0 Å². The molecule has 0 radical (unpaired) electrons. The van der Waals surface area contributed by atoms with Gasteiger partial charge in [0.2, 0.25) is 0 Å². The number of ketones is 1. The number of fused-ring (bicyclic) bond motifs is 1. The summed E-state index contributed by atoms with van der Waals surface area (Å²) in [6, 6.07) is 0. The maximum absolute atomic E-state index is 12.3. The monoisotopic (exact) mass is 266 g/mol. The second-order valence-corrected chi connectivity index (χ2v) is 7.75. The number of rotatable bonds is 0. The van der Waals surface area contributed by atoms with E-state index in [0.29, 0.717) is 22.5 Å². The zero-order valence-corrected chi connectivity index (χ0v) is 10.3. The third-order valence-electron chi connectivity index (χ3n) is 6.81. The highest BCUT2D eigenvalue weighted by atomic mass is 79.9. The van der Waals surface area contributed by atoms with Crippen LogP contribution in [0.4, 0.5) is 0 Å². The molecule has 0 aromatic heterocycles. The average molecular weight is 267 g/mol. The molecule has 0 saturated heterocycles. The molecule has 0 amide bonds. The Morgan fingerprint density at radius 1 is 1.13 bits per heavy atom. The number of carbonyl (C=O) groups excluding carboxylic acids is 1. The van der Waals surface area contributed by atoms with Gasteiger partial charge < -0.3 is 0 Å². The molecule has 1 nitrogen and oxygen atoms in total. The fraction of sp³-hybridized carbons (Fsp3) is 0.923. The molecule has 0 aromatic rings. The maximum Gasteiger partial charge on any atom is 0.150 e. The van der Waals surface area contributed by atoms with Crippen molar-refractivity contribution in [1.82, 2.24) is 0 Å². The van der Waals surface area contributed by atoms with Gasteiger partial charge in [0.1, 0.15) is 5.78 Å². The van der Waals surface area contributed by atoms with Crippen molar-refractivity contribution in [3.8, 4) is 0 Å². The summed E-state index contributed by atoms with van der Waals surface area (Å²) in [5.41, 5.74) is 1.13. The highest BCUT2D eigenvalue weighted by molar-refractivity contribution is 9.10. The van der Waals surface area contributed by atoms with Crippen LogP contribution in [0.5, 0.6) is 0 Å². The molecule has 2 heteroatoms. The van der Waals surface area contributed by atoms with Gasteiger partial charge in [-0.1, -0.05) is 15.9 Å². The van der Waals surface area contributed by atoms with Crippen LogP contribution in [-0.4, -0.2) is 10.6 Å². The van der Waals surface area contributed by atoms with Crippen LogP contribution in [0.25, 0.3) is 0 Å². The quantitative estimate of drug-likeness (QED) is 0.617. The van der Waals surface area contributed by atoms with Crippen LogP contribution in [-0.2, 0) is 4.79 Å². The molecule has 0 aromatic carbocycles. The predicted molar refractivity (Wildman–Crippen MR) is 59.6 cm³/mol. The minimum Gasteiger partial charge on any atom is -0.298 e. The predicted octanol–water partition coefficient (Wildman–Crippen LogP) is 2.78. The lowest BCUT2D eigenvalue weighted by Gasteiger charge is -2.51. The van der Waals surface area contributed by atoms with Gasteiger partial charge in [0.15, 0.2) is 0 Å². The molecular weight excluding hydrogens is 252 g/mol. The van der Waals surface area contributed by atoms with Gasteiger partial charge in [0.05, 0.1) is 4.83 Å². The van der Waals surface area contributed by atoms with Gasteiger partial charge in [-0.3, -0.25) is 4.79 Å². The van der Waals surface area contributed by atoms with Gasteiger partial charge >= 0.3 is 0 Å². The van der Waals surface area contributed by atoms with E-state index in [2.05, 4.69) is 15.9 Å². The molecule has 0 heterocycles. The van der Waals surface area contributed by atoms with E-state index in [1.54, 1.807) is 0 Å². The Labute approximate surface area is 98.1 Å². The summed E-state index contributed by atoms with van der Waals surface area (Å²) in [4.78, 5) is 12.6. The van der Waals surface area contributed by atoms with E-state index in [1.165, 1.54) is 32.1 Å². The van der Waals surface area contributed by atoms with Crippen LogP contribution in [0.3, 0.4) is 0 Å². The fourth-order valence-corrected chi connectivity index (χ4v) is 7.33. The van der Waals surface area contributed by atoms with Gasteiger partial charge in [-0.05, 0) is 60.7 Å². The molecular formula is C13H15BrO. The summed E-state index contributed by atoms with van der Waals surface area (Å²) in [6.07, 6.45) is 6.72. The second-order valence-electron chi connectivity index (χ2n) is 6.84. The molecule has 7 atom stereocenters. The molecule has 3 bridgehead atoms. The minimum atomic E-state index is 0.228. The van der Waals surface area contributed by atoms with Crippen LogP contribution in [0, 0.1) is 34.5 Å². The van der Waals surface area contributed by atoms with Crippen LogP contribution >= 0.6 is 15.9 Å². The van der Waals surface area contributed by atoms with E-state index in [-0.39, 0.29) is 4.83 Å². The van der Waals surface area contributed by atoms with E-state index in [9.17, 15) is 4.79 Å². The summed E-state index contributed by atoms with van der Waals surface area (Å²) in [5, 5.41) is 0. The Balaban J connectivity index is 1.77. The summed E-state index contributed by atoms with van der Waals surface area (Å²) >= 11 is 3.75. The lowest BCUT2D eigenvalue weighted by molar-refractivity contribution is -0.123. The van der Waals surface area contributed by atoms with Crippen molar-refractivity contribution < 1.29 is 4.79 Å². The molecule has 5 aliphatic carbocycles. The van der Waals surface area contributed by atoms with E-state index in [4.69, 9.17) is 0 Å². The van der Waals surface area contributed by atoms with Crippen molar-refractivity contribution in [2.24, 2.45) is 34.5 Å². The van der Waals surface area contributed by atoms with Crippen LogP contribution in [0.2, 0.25) is 0 Å². The number of Topliss-reactive ketones (excluding diaryl/α,β-unsaturated/α-hetero) is 1. The summed E-state index contributed by atoms with van der Waals surface area (Å²) < 4.78 is 0. The number of carbonyl (C=O) groups is 1. The molecule has 5 aliphatic rings. The highest BCUT2D eigenvalue weighted by Gasteiger charge is 2.83. The zero-order chi connectivity index (χ0) is 10.00. The average Bonchev–Trinajstić information content (AvgIpc) is 2.83. The summed E-state index contributed by atoms with van der Waals surface area (Å²) in [7, 11) is 0. The van der Waals surface area contributed by atoms with Crippen molar-refractivity contribution in [2.75, 3.05) is 0 Å². The molecule has 5 saturated carbocycles. The third-order valence-corrected chi connectivity index (χ3v) is 8.17. The molecule has 7 unspecified atom stereocenters. The molecule has 80 valence electrons. The molecule has 5 rings (SSSR count). The summed E-state index contributed by atoms with van der Waals surface area (Å²) in [5.74, 6) is 3.91. The SMILES string of the molecule is O=C1C2CC3CC4CC5(CC5C34C2)C1Br. The highest BCUT2D eigenvalue weighted by Crippen LogP contribution is 2.87. The van der Waals surface area contributed by atoms with Crippen LogP contribution < -0.4 is 0 Å². The smallest absolute Gasteiger partial charge is 0.150 e. The van der Waals surface area contributed by atoms with Crippen LogP contribution in [0.1, 0.15) is 32.1 Å². The van der Waals surface area contributed by atoms with E-state index in [1.807, 2.05) is 0 Å². The zero-order valence-electron chi connectivity index (χ0n) is 8.71. The van der Waals surface area contributed by atoms with Gasteiger partial charge in [0.25, 0.3) is 0 Å². The standard InChI is InChI=1S/C13H15BrO/c14-11-10(15)6-1-7-2-8-4-12(11)5-9(12)13(7,8)3-6/h6-9,11H,1-5H2. The number of alkyl halides is 1. The first-order valence-electron chi connectivity index (χ1n) is 6.36. The topological polar surface area (TPSA) is 17.1 Å². The maximum atomic E-state index is 12.3. The largest absolute Gasteiger partial charge is 0.298 e. The fourth-order valence-electron chi connectivity index (χ4n) is 6.26. The Kier molecular flexibility index (Phi) is 1.09. The summed E-state index contributed by atoms with van der Waals surface area (Å²) in [6.45, 7) is 0. The number of hydrogen-bond acceptors (Lipinski definition) is 1. The van der Waals surface area contributed by atoms with E-state index >= 15 is 0 Å². The lowest BCUT2D eigenvalue weighted by atomic mass is 9.54. The van der Waals surface area contributed by atoms with Crippen molar-refractivity contribution in [3.63, 3.8) is 0 Å². The van der Waals surface area contributed by atoms with E-state index in [0.717, 1.165) is 17.8 Å². The lowest BCUT2D eigenvalue weighted by Crippen LogP contribution is -2.44. The minimum absolute atomic E-state index is 0.228. The Hall–Kier alpha value is 0.150. The molecule has 0 aliphatic heterocycles. The van der Waals surface area contributed by atoms with Gasteiger partial charge in [0, 0.05) is 5.92 Å². The van der Waals surface area contributed by atoms with Crippen molar-refractivity contribution in [1.29, 1.82) is 0 Å². The van der Waals surface area contributed by atoms with Gasteiger partial charge in [-0.25, -0.2) is 0 Å². The second kappa shape index (κ2) is 1.98. The number of hydrogen-bond donors (Lipinski definition) is 0. The molecule has 0 N–H and O–H groups in total. The van der Waals surface area contributed by atoms with Crippen molar-refractivity contribution in [2.45, 2.75) is 36.9 Å². The van der Waals surface area contributed by atoms with Gasteiger partial charge in [-0.2, -0.15) is 0 Å². The molecule has 15 heavy (non-hydrogen) atoms. The van der Waals surface area contributed by atoms with E-state index < -0.39 is 0 Å². The third kappa shape index (κ3) is 0.597. The normalized spacial score (nSPS) is 72.3. The Morgan fingerprint density at radius 2 is 2.00 bits per heavy atom. The van der Waals surface area contributed by atoms with Crippen LogP contribution in [0.15, 0.2) is 0 Å². The van der Waals surface area contributed by atoms with Gasteiger partial charge in [-0.15, -0.1) is 0 Å².